The van der Waals surface area contributed by atoms with Gasteiger partial charge in [-0.2, -0.15) is 0 Å². The van der Waals surface area contributed by atoms with E-state index in [0.717, 1.165) is 16.9 Å². The molecule has 138 valence electrons. The quantitative estimate of drug-likeness (QED) is 0.647. The molecule has 1 amide bonds. The van der Waals surface area contributed by atoms with E-state index in [4.69, 9.17) is 14.6 Å². The number of para-hydroxylation sites is 1. The van der Waals surface area contributed by atoms with E-state index in [1.165, 1.54) is 16.7 Å². The van der Waals surface area contributed by atoms with Gasteiger partial charge in [0.25, 0.3) is 5.91 Å². The highest BCUT2D eigenvalue weighted by atomic mass is 32.1. The number of aromatic nitrogens is 1. The summed E-state index contributed by atoms with van der Waals surface area (Å²) in [5.41, 5.74) is 2.05. The molecular formula is C19H16N2O5S. The second kappa shape index (κ2) is 8.33. The number of nitrogens with one attached hydrogen (secondary N) is 1. The molecule has 0 aliphatic heterocycles. The van der Waals surface area contributed by atoms with E-state index in [1.54, 1.807) is 24.8 Å². The molecule has 1 aromatic carbocycles. The summed E-state index contributed by atoms with van der Waals surface area (Å²) in [7, 11) is 1.60. The normalized spacial score (nSPS) is 10.3. The van der Waals surface area contributed by atoms with Gasteiger partial charge in [-0.15, -0.1) is 11.3 Å². The minimum atomic E-state index is -1.10. The summed E-state index contributed by atoms with van der Waals surface area (Å²) in [4.78, 5) is 27.2. The van der Waals surface area contributed by atoms with Gasteiger partial charge in [-0.05, 0) is 12.1 Å². The van der Waals surface area contributed by atoms with Crippen LogP contribution in [0.5, 0.6) is 11.6 Å². The van der Waals surface area contributed by atoms with E-state index in [9.17, 15) is 9.59 Å². The van der Waals surface area contributed by atoms with Gasteiger partial charge in [0, 0.05) is 34.2 Å². The molecule has 27 heavy (non-hydrogen) atoms. The third-order valence-corrected chi connectivity index (χ3v) is 4.42. The molecule has 0 radical (unpaired) electrons. The van der Waals surface area contributed by atoms with Crippen molar-refractivity contribution in [3.63, 3.8) is 0 Å². The van der Waals surface area contributed by atoms with Crippen molar-refractivity contribution in [1.29, 1.82) is 0 Å². The summed E-state index contributed by atoms with van der Waals surface area (Å²) in [5.74, 6) is -0.544. The van der Waals surface area contributed by atoms with Crippen molar-refractivity contribution in [2.75, 3.05) is 19.0 Å². The number of nitrogens with zero attached hydrogens (tertiary/aromatic N) is 1. The van der Waals surface area contributed by atoms with Gasteiger partial charge in [0.15, 0.2) is 6.61 Å². The van der Waals surface area contributed by atoms with E-state index in [0.29, 0.717) is 0 Å². The number of carbonyl (C=O) groups excluding carboxylic acids is 1. The van der Waals surface area contributed by atoms with E-state index < -0.39 is 11.9 Å². The fourth-order valence-corrected chi connectivity index (χ4v) is 3.15. The van der Waals surface area contributed by atoms with Crippen LogP contribution in [0.3, 0.4) is 0 Å². The second-order valence-corrected chi connectivity index (χ2v) is 6.17. The van der Waals surface area contributed by atoms with Crippen LogP contribution < -0.4 is 14.8 Å². The van der Waals surface area contributed by atoms with Gasteiger partial charge >= 0.3 is 5.97 Å². The zero-order valence-electron chi connectivity index (χ0n) is 14.3. The summed E-state index contributed by atoms with van der Waals surface area (Å²) >= 11 is 1.19. The van der Waals surface area contributed by atoms with Crippen molar-refractivity contribution in [2.24, 2.45) is 0 Å². The van der Waals surface area contributed by atoms with Crippen molar-refractivity contribution in [3.05, 3.63) is 58.9 Å². The number of carboxylic acid groups (broad SMARTS) is 1. The summed E-state index contributed by atoms with van der Waals surface area (Å²) in [6, 6.07) is 11.0. The van der Waals surface area contributed by atoms with E-state index in [2.05, 4.69) is 10.3 Å². The molecule has 0 aliphatic carbocycles. The lowest BCUT2D eigenvalue weighted by molar-refractivity contribution is -0.118. The fourth-order valence-electron chi connectivity index (χ4n) is 2.39. The maximum atomic E-state index is 12.0. The molecule has 0 bridgehead atoms. The first kappa shape index (κ1) is 18.4. The molecule has 0 saturated heterocycles. The molecule has 0 fully saturated rings. The zero-order valence-corrected chi connectivity index (χ0v) is 15.2. The van der Waals surface area contributed by atoms with Crippen LogP contribution in [0.1, 0.15) is 10.4 Å². The number of anilines is 1. The predicted molar refractivity (Wildman–Crippen MR) is 102 cm³/mol. The Morgan fingerprint density at radius 3 is 2.70 bits per heavy atom. The lowest BCUT2D eigenvalue weighted by Gasteiger charge is -2.09. The third kappa shape index (κ3) is 4.42. The predicted octanol–water partition coefficient (Wildman–Crippen LogP) is 3.53. The molecule has 0 unspecified atom stereocenters. The molecule has 3 rings (SSSR count). The Kier molecular flexibility index (Phi) is 5.68. The summed E-state index contributed by atoms with van der Waals surface area (Å²) in [6.07, 6.45) is 1.63. The number of hydrogen-bond acceptors (Lipinski definition) is 6. The van der Waals surface area contributed by atoms with Gasteiger partial charge in [0.1, 0.15) is 5.75 Å². The van der Waals surface area contributed by atoms with Gasteiger partial charge in [-0.25, -0.2) is 9.78 Å². The highest BCUT2D eigenvalue weighted by molar-refractivity contribution is 7.08. The van der Waals surface area contributed by atoms with Crippen molar-refractivity contribution in [2.45, 2.75) is 0 Å². The molecule has 0 saturated carbocycles. The van der Waals surface area contributed by atoms with Crippen LogP contribution in [0, 0.1) is 0 Å². The molecule has 0 atom stereocenters. The minimum Gasteiger partial charge on any atom is -0.496 e. The first-order valence-corrected chi connectivity index (χ1v) is 8.84. The molecule has 8 heteroatoms. The Morgan fingerprint density at radius 1 is 1.19 bits per heavy atom. The first-order chi connectivity index (χ1) is 13.1. The number of thiophene rings is 1. The van der Waals surface area contributed by atoms with Crippen LogP contribution >= 0.6 is 11.3 Å². The van der Waals surface area contributed by atoms with Crippen LogP contribution in [0.2, 0.25) is 0 Å². The lowest BCUT2D eigenvalue weighted by atomic mass is 10.1. The molecule has 2 N–H and O–H groups in total. The second-order valence-electron chi connectivity index (χ2n) is 5.43. The van der Waals surface area contributed by atoms with Crippen molar-refractivity contribution >= 4 is 28.9 Å². The van der Waals surface area contributed by atoms with Gasteiger partial charge in [-0.1, -0.05) is 18.2 Å². The maximum Gasteiger partial charge on any atom is 0.338 e. The van der Waals surface area contributed by atoms with Crippen LogP contribution in [0.15, 0.2) is 53.4 Å². The summed E-state index contributed by atoms with van der Waals surface area (Å²) in [5, 5.41) is 14.6. The number of benzene rings is 1. The smallest absolute Gasteiger partial charge is 0.338 e. The number of methoxy groups -OCH3 is 1. The van der Waals surface area contributed by atoms with Crippen molar-refractivity contribution in [3.8, 4) is 22.8 Å². The number of amides is 1. The first-order valence-electron chi connectivity index (χ1n) is 7.90. The molecule has 2 heterocycles. The van der Waals surface area contributed by atoms with E-state index in [-0.39, 0.29) is 23.7 Å². The summed E-state index contributed by atoms with van der Waals surface area (Å²) < 4.78 is 10.7. The number of aromatic carboxylic acids is 1. The van der Waals surface area contributed by atoms with Crippen molar-refractivity contribution < 1.29 is 24.2 Å². The van der Waals surface area contributed by atoms with E-state index >= 15 is 0 Å². The molecule has 7 nitrogen and oxygen atoms in total. The average molecular weight is 384 g/mol. The fraction of sp³-hybridized carbons (Fsp3) is 0.105. The van der Waals surface area contributed by atoms with Gasteiger partial charge in [-0.3, -0.25) is 4.79 Å². The Labute approximate surface area is 159 Å². The standard InChI is InChI=1S/C19H16N2O5S/c1-25-16-5-3-2-4-13(16)12-6-7-18(20-8-12)26-9-17(22)21-15-11-27-10-14(15)19(23)24/h2-8,10-11H,9H2,1H3,(H,21,22)(H,23,24). The third-order valence-electron chi connectivity index (χ3n) is 3.67. The van der Waals surface area contributed by atoms with Crippen molar-refractivity contribution in [1.82, 2.24) is 4.98 Å². The maximum absolute atomic E-state index is 12.0. The largest absolute Gasteiger partial charge is 0.496 e. The van der Waals surface area contributed by atoms with E-state index in [1.807, 2.05) is 30.3 Å². The summed E-state index contributed by atoms with van der Waals surface area (Å²) in [6.45, 7) is -0.282. The molecular weight excluding hydrogens is 368 g/mol. The Morgan fingerprint density at radius 2 is 2.00 bits per heavy atom. The van der Waals surface area contributed by atoms with Crippen LogP contribution in [-0.2, 0) is 4.79 Å². The van der Waals surface area contributed by atoms with Gasteiger partial charge < -0.3 is 19.9 Å². The molecule has 3 aromatic rings. The topological polar surface area (TPSA) is 97.8 Å². The Bertz CT molecular complexity index is 953. The molecule has 2 aromatic heterocycles. The monoisotopic (exact) mass is 384 g/mol. The number of ether oxygens (including phenoxy) is 2. The molecule has 0 spiro atoms. The minimum absolute atomic E-state index is 0.0487. The zero-order chi connectivity index (χ0) is 19.2. The van der Waals surface area contributed by atoms with Gasteiger partial charge in [0.2, 0.25) is 5.88 Å². The van der Waals surface area contributed by atoms with Crippen LogP contribution in [0.4, 0.5) is 5.69 Å². The molecule has 0 aliphatic rings. The average Bonchev–Trinajstić information content (AvgIpc) is 3.15. The number of hydrogen-bond donors (Lipinski definition) is 2. The van der Waals surface area contributed by atoms with Crippen LogP contribution in [0.25, 0.3) is 11.1 Å². The van der Waals surface area contributed by atoms with Crippen LogP contribution in [-0.4, -0.2) is 35.7 Å². The lowest BCUT2D eigenvalue weighted by Crippen LogP contribution is -2.21. The number of pyridine rings is 1. The van der Waals surface area contributed by atoms with Gasteiger partial charge in [0.05, 0.1) is 18.4 Å². The Balaban J connectivity index is 1.61. The number of carboxylic acids is 1. The highest BCUT2D eigenvalue weighted by Gasteiger charge is 2.14. The highest BCUT2D eigenvalue weighted by Crippen LogP contribution is 2.29. The number of carbonyl (C=O) groups is 2. The number of rotatable bonds is 7. The Hall–Kier alpha value is -3.39. The SMILES string of the molecule is COc1ccccc1-c1ccc(OCC(=O)Nc2cscc2C(=O)O)nc1.